The first-order valence-electron chi connectivity index (χ1n) is 6.61. The van der Waals surface area contributed by atoms with Gasteiger partial charge in [0.1, 0.15) is 5.82 Å². The molecule has 0 bridgehead atoms. The Balaban J connectivity index is 3.37. The van der Waals surface area contributed by atoms with Crippen LogP contribution in [0.25, 0.3) is 0 Å². The molecule has 0 aliphatic carbocycles. The summed E-state index contributed by atoms with van der Waals surface area (Å²) in [6, 6.07) is 2.44. The van der Waals surface area contributed by atoms with Crippen molar-refractivity contribution in [2.24, 2.45) is 0 Å². The van der Waals surface area contributed by atoms with Crippen LogP contribution in [0.15, 0.2) is 17.0 Å². The van der Waals surface area contributed by atoms with Crippen molar-refractivity contribution < 1.29 is 17.5 Å². The Morgan fingerprint density at radius 3 is 2.48 bits per heavy atom. The molecular weight excluding hydrogens is 317 g/mol. The van der Waals surface area contributed by atoms with Crippen molar-refractivity contribution in [1.29, 1.82) is 0 Å². The van der Waals surface area contributed by atoms with Gasteiger partial charge in [-0.2, -0.15) is 4.31 Å². The van der Waals surface area contributed by atoms with Gasteiger partial charge in [0.25, 0.3) is 0 Å². The molecule has 0 N–H and O–H groups in total. The van der Waals surface area contributed by atoms with Crippen molar-refractivity contribution in [3.05, 3.63) is 29.1 Å². The van der Waals surface area contributed by atoms with E-state index in [1.165, 1.54) is 30.5 Å². The van der Waals surface area contributed by atoms with E-state index in [-0.39, 0.29) is 35.5 Å². The summed E-state index contributed by atoms with van der Waals surface area (Å²) in [5.74, 6) is -0.512. The van der Waals surface area contributed by atoms with Gasteiger partial charge in [0.15, 0.2) is 0 Å². The van der Waals surface area contributed by atoms with Crippen molar-refractivity contribution in [3.8, 4) is 0 Å². The van der Waals surface area contributed by atoms with Gasteiger partial charge < -0.3 is 4.74 Å². The van der Waals surface area contributed by atoms with E-state index in [2.05, 4.69) is 0 Å². The Bertz CT molecular complexity index is 590. The molecule has 0 aliphatic heterocycles. The molecule has 21 heavy (non-hydrogen) atoms. The van der Waals surface area contributed by atoms with Crippen LogP contribution < -0.4 is 0 Å². The zero-order valence-corrected chi connectivity index (χ0v) is 14.3. The summed E-state index contributed by atoms with van der Waals surface area (Å²) in [4.78, 5) is -0.0389. The van der Waals surface area contributed by atoms with Crippen molar-refractivity contribution in [1.82, 2.24) is 4.31 Å². The van der Waals surface area contributed by atoms with Gasteiger partial charge in [-0.15, -0.1) is 11.6 Å². The fourth-order valence-electron chi connectivity index (χ4n) is 2.02. The Hall–Kier alpha value is -0.690. The second-order valence-electron chi connectivity index (χ2n) is 5.04. The molecule has 1 aromatic carbocycles. The van der Waals surface area contributed by atoms with E-state index in [1.54, 1.807) is 13.8 Å². The average Bonchev–Trinajstić information content (AvgIpc) is 2.41. The normalized spacial score (nSPS) is 12.4. The largest absolute Gasteiger partial charge is 0.383 e. The van der Waals surface area contributed by atoms with Crippen LogP contribution in [0.4, 0.5) is 4.39 Å². The summed E-state index contributed by atoms with van der Waals surface area (Å²) in [6.45, 7) is 5.47. The maximum Gasteiger partial charge on any atom is 0.243 e. The van der Waals surface area contributed by atoms with Crippen molar-refractivity contribution in [3.63, 3.8) is 0 Å². The fourth-order valence-corrected chi connectivity index (χ4v) is 4.08. The maximum absolute atomic E-state index is 13.9. The highest BCUT2D eigenvalue weighted by molar-refractivity contribution is 7.89. The van der Waals surface area contributed by atoms with Gasteiger partial charge in [-0.3, -0.25) is 0 Å². The third-order valence-electron chi connectivity index (χ3n) is 3.19. The minimum Gasteiger partial charge on any atom is -0.383 e. The average molecular weight is 338 g/mol. The first-order chi connectivity index (χ1) is 9.75. The number of methoxy groups -OCH3 is 1. The number of nitrogens with zero attached hydrogens (tertiary/aromatic N) is 1. The predicted octanol–water partition coefficient (Wildman–Crippen LogP) is 2.92. The maximum atomic E-state index is 13.9. The lowest BCUT2D eigenvalue weighted by Crippen LogP contribution is -2.39. The number of hydrogen-bond acceptors (Lipinski definition) is 3. The van der Waals surface area contributed by atoms with Crippen LogP contribution in [0.2, 0.25) is 0 Å². The van der Waals surface area contributed by atoms with Crippen LogP contribution in [0.1, 0.15) is 25.0 Å². The summed E-state index contributed by atoms with van der Waals surface area (Å²) in [6.07, 6.45) is 0. The number of rotatable bonds is 7. The second-order valence-corrected chi connectivity index (χ2v) is 7.16. The highest BCUT2D eigenvalue weighted by Gasteiger charge is 2.29. The molecule has 0 aromatic heterocycles. The van der Waals surface area contributed by atoms with Crippen LogP contribution in [-0.2, 0) is 20.6 Å². The van der Waals surface area contributed by atoms with Crippen molar-refractivity contribution in [2.45, 2.75) is 37.6 Å². The van der Waals surface area contributed by atoms with Crippen molar-refractivity contribution >= 4 is 21.6 Å². The second kappa shape index (κ2) is 7.54. The summed E-state index contributed by atoms with van der Waals surface area (Å²) in [5.41, 5.74) is 0.542. The lowest BCUT2D eigenvalue weighted by Gasteiger charge is -2.26. The van der Waals surface area contributed by atoms with Crippen LogP contribution in [0, 0.1) is 12.7 Å². The number of halogens is 2. The topological polar surface area (TPSA) is 46.6 Å². The Morgan fingerprint density at radius 2 is 2.00 bits per heavy atom. The third kappa shape index (κ3) is 4.16. The summed E-state index contributed by atoms with van der Waals surface area (Å²) in [5, 5.41) is 0. The van der Waals surface area contributed by atoms with E-state index in [1.807, 2.05) is 0 Å². The quantitative estimate of drug-likeness (QED) is 0.719. The van der Waals surface area contributed by atoms with Gasteiger partial charge >= 0.3 is 0 Å². The van der Waals surface area contributed by atoms with E-state index >= 15 is 0 Å². The van der Waals surface area contributed by atoms with Crippen LogP contribution in [-0.4, -0.2) is 39.0 Å². The molecule has 0 saturated heterocycles. The number of sulfonamides is 1. The van der Waals surface area contributed by atoms with Crippen LogP contribution in [0.5, 0.6) is 0 Å². The van der Waals surface area contributed by atoms with E-state index < -0.39 is 15.8 Å². The van der Waals surface area contributed by atoms with Gasteiger partial charge in [0, 0.05) is 31.1 Å². The Labute approximate surface area is 130 Å². The first-order valence-corrected chi connectivity index (χ1v) is 8.59. The first kappa shape index (κ1) is 18.4. The molecule has 1 aromatic rings. The molecule has 0 saturated carbocycles. The highest BCUT2D eigenvalue weighted by Crippen LogP contribution is 2.25. The molecule has 0 fully saturated rings. The SMILES string of the molecule is COCCN(C(C)C)S(=O)(=O)c1cc(CCl)cc(F)c1C. The van der Waals surface area contributed by atoms with Crippen molar-refractivity contribution in [2.75, 3.05) is 20.3 Å². The molecule has 0 amide bonds. The molecule has 120 valence electrons. The van der Waals surface area contributed by atoms with Gasteiger partial charge in [0.05, 0.1) is 11.5 Å². The molecule has 0 atom stereocenters. The lowest BCUT2D eigenvalue weighted by atomic mass is 10.1. The Morgan fingerprint density at radius 1 is 1.38 bits per heavy atom. The lowest BCUT2D eigenvalue weighted by molar-refractivity contribution is 0.171. The van der Waals surface area contributed by atoms with Gasteiger partial charge in [-0.25, -0.2) is 12.8 Å². The third-order valence-corrected chi connectivity index (χ3v) is 5.70. The number of alkyl halides is 1. The molecule has 0 aliphatic rings. The summed E-state index contributed by atoms with van der Waals surface area (Å²) < 4.78 is 45.7. The van der Waals surface area contributed by atoms with E-state index in [9.17, 15) is 12.8 Å². The standard InChI is InChI=1S/C14H21ClFNO3S/c1-10(2)17(5-6-20-4)21(18,19)14-8-12(9-15)7-13(16)11(14)3/h7-8,10H,5-6,9H2,1-4H3. The van der Waals surface area contributed by atoms with Crippen LogP contribution in [0.3, 0.4) is 0 Å². The molecule has 7 heteroatoms. The van der Waals surface area contributed by atoms with Gasteiger partial charge in [-0.05, 0) is 38.5 Å². The molecule has 0 heterocycles. The molecular formula is C14H21ClFNO3S. The monoisotopic (exact) mass is 337 g/mol. The smallest absolute Gasteiger partial charge is 0.243 e. The predicted molar refractivity (Wildman–Crippen MR) is 81.6 cm³/mol. The van der Waals surface area contributed by atoms with Gasteiger partial charge in [0.2, 0.25) is 10.0 Å². The zero-order chi connectivity index (χ0) is 16.2. The minimum absolute atomic E-state index is 0.0389. The molecule has 0 radical (unpaired) electrons. The number of benzene rings is 1. The molecule has 0 spiro atoms. The van der Waals surface area contributed by atoms with E-state index in [0.717, 1.165) is 0 Å². The van der Waals surface area contributed by atoms with E-state index in [0.29, 0.717) is 5.56 Å². The summed E-state index contributed by atoms with van der Waals surface area (Å²) >= 11 is 5.70. The molecule has 1 rings (SSSR count). The minimum atomic E-state index is -3.80. The van der Waals surface area contributed by atoms with Crippen LogP contribution >= 0.6 is 11.6 Å². The molecule has 0 unspecified atom stereocenters. The fraction of sp³-hybridized carbons (Fsp3) is 0.571. The number of hydrogen-bond donors (Lipinski definition) is 0. The molecule has 4 nitrogen and oxygen atoms in total. The number of ether oxygens (including phenoxy) is 1. The summed E-state index contributed by atoms with van der Waals surface area (Å²) in [7, 11) is -2.30. The van der Waals surface area contributed by atoms with Gasteiger partial charge in [-0.1, -0.05) is 0 Å². The highest BCUT2D eigenvalue weighted by atomic mass is 35.5. The Kier molecular flexibility index (Phi) is 6.59. The van der Waals surface area contributed by atoms with E-state index in [4.69, 9.17) is 16.3 Å². The zero-order valence-electron chi connectivity index (χ0n) is 12.7.